The molecule has 1 aromatic heterocycles. The molecular weight excluding hydrogens is 370 g/mol. The molecular formula is C18H16BrN3O2. The normalized spacial score (nSPS) is 10.6. The van der Waals surface area contributed by atoms with Crippen LogP contribution in [0, 0.1) is 0 Å². The molecule has 6 heteroatoms. The van der Waals surface area contributed by atoms with Crippen molar-refractivity contribution in [3.8, 4) is 16.9 Å². The van der Waals surface area contributed by atoms with Gasteiger partial charge in [-0.15, -0.1) is 0 Å². The number of hydrogen-bond donors (Lipinski definition) is 2. The third kappa shape index (κ3) is 3.72. The van der Waals surface area contributed by atoms with Crippen molar-refractivity contribution < 1.29 is 10.0 Å². The molecule has 0 fully saturated rings. The lowest BCUT2D eigenvalue weighted by molar-refractivity contribution is -0.129. The maximum Gasteiger partial charge on any atom is 0.243 e. The van der Waals surface area contributed by atoms with Crippen molar-refractivity contribution in [1.29, 1.82) is 0 Å². The SMILES string of the molecule is O=C(CCc1cn(-c2ccc(Br)cc2)nc1-c1ccccc1)NO. The summed E-state index contributed by atoms with van der Waals surface area (Å²) in [6, 6.07) is 17.7. The van der Waals surface area contributed by atoms with Gasteiger partial charge >= 0.3 is 0 Å². The van der Waals surface area contributed by atoms with E-state index in [1.807, 2.05) is 60.8 Å². The van der Waals surface area contributed by atoms with Crippen LogP contribution < -0.4 is 5.48 Å². The van der Waals surface area contributed by atoms with Gasteiger partial charge < -0.3 is 0 Å². The fourth-order valence-electron chi connectivity index (χ4n) is 2.46. The maximum absolute atomic E-state index is 11.4. The van der Waals surface area contributed by atoms with Gasteiger partial charge in [-0.2, -0.15) is 5.10 Å². The Labute approximate surface area is 148 Å². The van der Waals surface area contributed by atoms with E-state index in [4.69, 9.17) is 10.3 Å². The van der Waals surface area contributed by atoms with Crippen LogP contribution in [0.3, 0.4) is 0 Å². The zero-order chi connectivity index (χ0) is 16.9. The number of nitrogens with zero attached hydrogens (tertiary/aromatic N) is 2. The molecule has 122 valence electrons. The quantitative estimate of drug-likeness (QED) is 0.519. The molecule has 1 amide bonds. The molecule has 0 saturated heterocycles. The number of nitrogens with one attached hydrogen (secondary N) is 1. The van der Waals surface area contributed by atoms with Crippen molar-refractivity contribution in [2.75, 3.05) is 0 Å². The molecule has 2 N–H and O–H groups in total. The second-order valence-corrected chi connectivity index (χ2v) is 6.24. The van der Waals surface area contributed by atoms with Crippen molar-refractivity contribution in [3.05, 3.63) is 70.8 Å². The average molecular weight is 386 g/mol. The van der Waals surface area contributed by atoms with Gasteiger partial charge in [-0.1, -0.05) is 46.3 Å². The number of halogens is 1. The molecule has 0 saturated carbocycles. The summed E-state index contributed by atoms with van der Waals surface area (Å²) in [6.07, 6.45) is 2.62. The largest absolute Gasteiger partial charge is 0.289 e. The molecule has 3 rings (SSSR count). The Morgan fingerprint density at radius 3 is 2.50 bits per heavy atom. The number of benzene rings is 2. The summed E-state index contributed by atoms with van der Waals surface area (Å²) in [7, 11) is 0. The molecule has 0 aliphatic carbocycles. The molecule has 0 bridgehead atoms. The number of hydrogen-bond acceptors (Lipinski definition) is 3. The third-order valence-corrected chi connectivity index (χ3v) is 4.20. The van der Waals surface area contributed by atoms with Crippen molar-refractivity contribution in [1.82, 2.24) is 15.3 Å². The van der Waals surface area contributed by atoms with E-state index in [1.165, 1.54) is 0 Å². The van der Waals surface area contributed by atoms with E-state index in [2.05, 4.69) is 15.9 Å². The van der Waals surface area contributed by atoms with Crippen LogP contribution in [0.4, 0.5) is 0 Å². The van der Waals surface area contributed by atoms with Crippen LogP contribution in [0.25, 0.3) is 16.9 Å². The lowest BCUT2D eigenvalue weighted by Crippen LogP contribution is -2.18. The van der Waals surface area contributed by atoms with Crippen LogP contribution in [-0.4, -0.2) is 20.9 Å². The topological polar surface area (TPSA) is 67.2 Å². The Hall–Kier alpha value is -2.44. The van der Waals surface area contributed by atoms with E-state index < -0.39 is 5.91 Å². The Kier molecular flexibility index (Phi) is 5.08. The lowest BCUT2D eigenvalue weighted by atomic mass is 10.0. The highest BCUT2D eigenvalue weighted by atomic mass is 79.9. The van der Waals surface area contributed by atoms with Crippen LogP contribution in [0.2, 0.25) is 0 Å². The van der Waals surface area contributed by atoms with Gasteiger partial charge in [0.15, 0.2) is 0 Å². The van der Waals surface area contributed by atoms with Crippen molar-refractivity contribution in [3.63, 3.8) is 0 Å². The number of rotatable bonds is 5. The summed E-state index contributed by atoms with van der Waals surface area (Å²) in [4.78, 5) is 11.4. The molecule has 0 aliphatic rings. The molecule has 0 unspecified atom stereocenters. The van der Waals surface area contributed by atoms with Crippen LogP contribution in [0.15, 0.2) is 65.3 Å². The molecule has 0 atom stereocenters. The van der Waals surface area contributed by atoms with Crippen LogP contribution in [0.1, 0.15) is 12.0 Å². The minimum atomic E-state index is -0.412. The lowest BCUT2D eigenvalue weighted by Gasteiger charge is -2.02. The molecule has 1 heterocycles. The summed E-state index contributed by atoms with van der Waals surface area (Å²) < 4.78 is 2.81. The van der Waals surface area contributed by atoms with Gasteiger partial charge in [0, 0.05) is 22.7 Å². The third-order valence-electron chi connectivity index (χ3n) is 3.67. The Morgan fingerprint density at radius 2 is 1.83 bits per heavy atom. The Morgan fingerprint density at radius 1 is 1.12 bits per heavy atom. The summed E-state index contributed by atoms with van der Waals surface area (Å²) in [5, 5.41) is 13.4. The first-order valence-electron chi connectivity index (χ1n) is 7.50. The summed E-state index contributed by atoms with van der Waals surface area (Å²) >= 11 is 3.43. The van der Waals surface area contributed by atoms with Gasteiger partial charge in [-0.3, -0.25) is 10.0 Å². The van der Waals surface area contributed by atoms with E-state index >= 15 is 0 Å². The van der Waals surface area contributed by atoms with Gasteiger partial charge in [0.05, 0.1) is 11.4 Å². The maximum atomic E-state index is 11.4. The molecule has 3 aromatic rings. The smallest absolute Gasteiger partial charge is 0.243 e. The monoisotopic (exact) mass is 385 g/mol. The highest BCUT2D eigenvalue weighted by molar-refractivity contribution is 9.10. The van der Waals surface area contributed by atoms with Gasteiger partial charge in [-0.25, -0.2) is 10.2 Å². The summed E-state index contributed by atoms with van der Waals surface area (Å²) in [6.45, 7) is 0. The first-order chi connectivity index (χ1) is 11.7. The predicted octanol–water partition coefficient (Wildman–Crippen LogP) is 3.74. The molecule has 0 radical (unpaired) electrons. The number of hydroxylamine groups is 1. The highest BCUT2D eigenvalue weighted by Gasteiger charge is 2.13. The van der Waals surface area contributed by atoms with Gasteiger partial charge in [-0.05, 0) is 36.2 Å². The zero-order valence-corrected chi connectivity index (χ0v) is 14.4. The van der Waals surface area contributed by atoms with E-state index in [1.54, 1.807) is 10.2 Å². The fourth-order valence-corrected chi connectivity index (χ4v) is 2.73. The molecule has 2 aromatic carbocycles. The minimum absolute atomic E-state index is 0.197. The van der Waals surface area contributed by atoms with E-state index in [0.29, 0.717) is 6.42 Å². The zero-order valence-electron chi connectivity index (χ0n) is 12.8. The van der Waals surface area contributed by atoms with Crippen LogP contribution >= 0.6 is 15.9 Å². The molecule has 0 spiro atoms. The van der Waals surface area contributed by atoms with Gasteiger partial charge in [0.2, 0.25) is 5.91 Å². The first-order valence-corrected chi connectivity index (χ1v) is 8.29. The second-order valence-electron chi connectivity index (χ2n) is 5.32. The number of carbonyl (C=O) groups is 1. The predicted molar refractivity (Wildman–Crippen MR) is 95.0 cm³/mol. The number of carbonyl (C=O) groups excluding carboxylic acids is 1. The number of aryl methyl sites for hydroxylation is 1. The standard InChI is InChI=1S/C18H16BrN3O2/c19-15-7-9-16(10-8-15)22-12-14(6-11-17(23)21-24)18(20-22)13-4-2-1-3-5-13/h1-5,7-10,12,24H,6,11H2,(H,21,23). The van der Waals surface area contributed by atoms with Crippen molar-refractivity contribution in [2.24, 2.45) is 0 Å². The van der Waals surface area contributed by atoms with Crippen LogP contribution in [0.5, 0.6) is 0 Å². The van der Waals surface area contributed by atoms with Crippen molar-refractivity contribution in [2.45, 2.75) is 12.8 Å². The summed E-state index contributed by atoms with van der Waals surface area (Å²) in [5.74, 6) is -0.412. The molecule has 0 aliphatic heterocycles. The Bertz CT molecular complexity index is 829. The fraction of sp³-hybridized carbons (Fsp3) is 0.111. The first kappa shape index (κ1) is 16.4. The summed E-state index contributed by atoms with van der Waals surface area (Å²) in [5.41, 5.74) is 5.39. The van der Waals surface area contributed by atoms with Gasteiger partial charge in [0.25, 0.3) is 0 Å². The minimum Gasteiger partial charge on any atom is -0.289 e. The van der Waals surface area contributed by atoms with Gasteiger partial charge in [0.1, 0.15) is 0 Å². The van der Waals surface area contributed by atoms with Crippen LogP contribution in [-0.2, 0) is 11.2 Å². The number of aromatic nitrogens is 2. The molecule has 5 nitrogen and oxygen atoms in total. The number of amides is 1. The Balaban J connectivity index is 1.98. The second kappa shape index (κ2) is 7.42. The van der Waals surface area contributed by atoms with E-state index in [9.17, 15) is 4.79 Å². The molecule has 24 heavy (non-hydrogen) atoms. The van der Waals surface area contributed by atoms with E-state index in [0.717, 1.165) is 27.0 Å². The average Bonchev–Trinajstić information content (AvgIpc) is 3.05. The van der Waals surface area contributed by atoms with Crippen molar-refractivity contribution >= 4 is 21.8 Å². The van der Waals surface area contributed by atoms with E-state index in [-0.39, 0.29) is 6.42 Å². The highest BCUT2D eigenvalue weighted by Crippen LogP contribution is 2.25.